The summed E-state index contributed by atoms with van der Waals surface area (Å²) in [6.45, 7) is 1.43. The van der Waals surface area contributed by atoms with E-state index in [2.05, 4.69) is 21.6 Å². The van der Waals surface area contributed by atoms with Gasteiger partial charge in [0.1, 0.15) is 11.5 Å². The fourth-order valence-corrected chi connectivity index (χ4v) is 4.55. The van der Waals surface area contributed by atoms with Crippen LogP contribution in [0.3, 0.4) is 0 Å². The number of amides is 1. The van der Waals surface area contributed by atoms with Crippen LogP contribution in [0, 0.1) is 0 Å². The van der Waals surface area contributed by atoms with E-state index in [1.807, 2.05) is 4.90 Å². The van der Waals surface area contributed by atoms with Crippen molar-refractivity contribution in [2.75, 3.05) is 26.5 Å². The molecule has 0 bridgehead atoms. The van der Waals surface area contributed by atoms with Gasteiger partial charge in [-0.25, -0.2) is 0 Å². The third kappa shape index (κ3) is 4.00. The van der Waals surface area contributed by atoms with Gasteiger partial charge in [0.25, 0.3) is 5.22 Å². The smallest absolute Gasteiger partial charge is 0.277 e. The van der Waals surface area contributed by atoms with E-state index in [1.54, 1.807) is 43.8 Å². The van der Waals surface area contributed by atoms with Crippen LogP contribution < -0.4 is 9.47 Å². The van der Waals surface area contributed by atoms with Crippen molar-refractivity contribution in [3.05, 3.63) is 40.1 Å². The van der Waals surface area contributed by atoms with E-state index < -0.39 is 0 Å². The molecule has 0 fully saturated rings. The van der Waals surface area contributed by atoms with Gasteiger partial charge in [0.15, 0.2) is 0 Å². The predicted molar refractivity (Wildman–Crippen MR) is 107 cm³/mol. The Hall–Kier alpha value is -2.52. The number of hydrogen-bond donors (Lipinski definition) is 0. The van der Waals surface area contributed by atoms with Crippen LogP contribution in [0.4, 0.5) is 0 Å². The van der Waals surface area contributed by atoms with Crippen LogP contribution in [0.25, 0.3) is 11.5 Å². The zero-order valence-electron chi connectivity index (χ0n) is 15.5. The maximum Gasteiger partial charge on any atom is 0.277 e. The van der Waals surface area contributed by atoms with Gasteiger partial charge in [-0.1, -0.05) is 11.8 Å². The molecule has 1 aliphatic heterocycles. The number of nitrogens with zero attached hydrogens (tertiary/aromatic N) is 3. The van der Waals surface area contributed by atoms with Crippen LogP contribution >= 0.6 is 23.1 Å². The highest BCUT2D eigenvalue weighted by molar-refractivity contribution is 7.99. The Kier molecular flexibility index (Phi) is 5.54. The lowest BCUT2D eigenvalue weighted by Gasteiger charge is -2.26. The topological polar surface area (TPSA) is 77.7 Å². The highest BCUT2D eigenvalue weighted by Gasteiger charge is 2.22. The minimum Gasteiger partial charge on any atom is -0.497 e. The Morgan fingerprint density at radius 3 is 2.79 bits per heavy atom. The molecule has 2 aromatic heterocycles. The molecule has 7 nitrogen and oxygen atoms in total. The summed E-state index contributed by atoms with van der Waals surface area (Å²) in [5, 5.41) is 10.6. The minimum absolute atomic E-state index is 0.0737. The van der Waals surface area contributed by atoms with Gasteiger partial charge in [-0.15, -0.1) is 21.5 Å². The average molecular weight is 418 g/mol. The molecule has 146 valence electrons. The molecule has 1 amide bonds. The summed E-state index contributed by atoms with van der Waals surface area (Å²) < 4.78 is 16.2. The number of benzene rings is 1. The number of hydrogen-bond acceptors (Lipinski definition) is 8. The third-order valence-electron chi connectivity index (χ3n) is 4.48. The SMILES string of the molecule is COc1cc(OC)cc(-c2nnc(SCC(=O)N3CCc4sccc4C3)o2)c1. The molecule has 0 spiro atoms. The number of thioether (sulfide) groups is 1. The van der Waals surface area contributed by atoms with Gasteiger partial charge in [0, 0.05) is 29.6 Å². The number of fused-ring (bicyclic) bond motifs is 1. The number of ether oxygens (including phenoxy) is 2. The molecule has 1 aromatic carbocycles. The third-order valence-corrected chi connectivity index (χ3v) is 6.31. The quantitative estimate of drug-likeness (QED) is 0.568. The zero-order chi connectivity index (χ0) is 19.5. The minimum atomic E-state index is 0.0737. The van der Waals surface area contributed by atoms with Crippen molar-refractivity contribution in [1.82, 2.24) is 15.1 Å². The molecule has 4 rings (SSSR count). The van der Waals surface area contributed by atoms with E-state index in [4.69, 9.17) is 13.9 Å². The Morgan fingerprint density at radius 2 is 2.04 bits per heavy atom. The second-order valence-electron chi connectivity index (χ2n) is 6.20. The Labute approximate surface area is 170 Å². The van der Waals surface area contributed by atoms with Crippen molar-refractivity contribution >= 4 is 29.0 Å². The van der Waals surface area contributed by atoms with E-state index in [0.717, 1.165) is 13.0 Å². The summed E-state index contributed by atoms with van der Waals surface area (Å²) in [7, 11) is 3.16. The monoisotopic (exact) mass is 417 g/mol. The number of carbonyl (C=O) groups excluding carboxylic acids is 1. The lowest BCUT2D eigenvalue weighted by atomic mass is 10.1. The first-order valence-electron chi connectivity index (χ1n) is 8.69. The fraction of sp³-hybridized carbons (Fsp3) is 0.316. The van der Waals surface area contributed by atoms with Crippen LogP contribution in [0.5, 0.6) is 11.5 Å². The molecule has 0 unspecified atom stereocenters. The standard InChI is InChI=1S/C19H19N3O4S2/c1-24-14-7-13(8-15(9-14)25-2)18-20-21-19(26-18)28-11-17(23)22-5-3-16-12(10-22)4-6-27-16/h4,6-9H,3,5,10-11H2,1-2H3. The molecule has 3 aromatic rings. The second kappa shape index (κ2) is 8.24. The highest BCUT2D eigenvalue weighted by atomic mass is 32.2. The first kappa shape index (κ1) is 18.8. The highest BCUT2D eigenvalue weighted by Crippen LogP contribution is 2.31. The summed E-state index contributed by atoms with van der Waals surface area (Å²) in [5.41, 5.74) is 1.95. The van der Waals surface area contributed by atoms with Crippen molar-refractivity contribution in [2.45, 2.75) is 18.2 Å². The average Bonchev–Trinajstić information content (AvgIpc) is 3.40. The number of aromatic nitrogens is 2. The normalized spacial score (nSPS) is 13.3. The molecule has 0 saturated heterocycles. The maximum absolute atomic E-state index is 12.5. The van der Waals surface area contributed by atoms with Crippen LogP contribution in [0.2, 0.25) is 0 Å². The van der Waals surface area contributed by atoms with Crippen molar-refractivity contribution < 1.29 is 18.7 Å². The maximum atomic E-state index is 12.5. The van der Waals surface area contributed by atoms with Gasteiger partial charge in [0.05, 0.1) is 20.0 Å². The number of methoxy groups -OCH3 is 2. The second-order valence-corrected chi connectivity index (χ2v) is 8.12. The summed E-state index contributed by atoms with van der Waals surface area (Å²) in [5.74, 6) is 1.96. The van der Waals surface area contributed by atoms with Crippen molar-refractivity contribution in [3.63, 3.8) is 0 Å². The molecule has 0 atom stereocenters. The van der Waals surface area contributed by atoms with Gasteiger partial charge in [-0.2, -0.15) is 0 Å². The summed E-state index contributed by atoms with van der Waals surface area (Å²) in [4.78, 5) is 15.8. The Morgan fingerprint density at radius 1 is 1.25 bits per heavy atom. The number of rotatable bonds is 6. The van der Waals surface area contributed by atoms with Gasteiger partial charge < -0.3 is 18.8 Å². The largest absolute Gasteiger partial charge is 0.497 e. The molecule has 0 radical (unpaired) electrons. The van der Waals surface area contributed by atoms with Gasteiger partial charge in [0.2, 0.25) is 11.8 Å². The number of thiophene rings is 1. The zero-order valence-corrected chi connectivity index (χ0v) is 17.1. The fourth-order valence-electron chi connectivity index (χ4n) is 2.99. The van der Waals surface area contributed by atoms with E-state index in [0.29, 0.717) is 34.7 Å². The summed E-state index contributed by atoms with van der Waals surface area (Å²) in [6, 6.07) is 7.45. The first-order chi connectivity index (χ1) is 13.7. The van der Waals surface area contributed by atoms with Crippen LogP contribution in [-0.2, 0) is 17.8 Å². The molecular formula is C19H19N3O4S2. The van der Waals surface area contributed by atoms with Crippen LogP contribution in [0.1, 0.15) is 10.4 Å². The van der Waals surface area contributed by atoms with Crippen LogP contribution in [0.15, 0.2) is 39.3 Å². The lowest BCUT2D eigenvalue weighted by Crippen LogP contribution is -2.36. The Bertz CT molecular complexity index is 963. The molecular weight excluding hydrogens is 398 g/mol. The molecule has 3 heterocycles. The van der Waals surface area contributed by atoms with Crippen molar-refractivity contribution in [3.8, 4) is 23.0 Å². The van der Waals surface area contributed by atoms with E-state index in [-0.39, 0.29) is 11.7 Å². The summed E-state index contributed by atoms with van der Waals surface area (Å²) in [6.07, 6.45) is 0.922. The molecule has 0 aliphatic carbocycles. The van der Waals surface area contributed by atoms with E-state index in [1.165, 1.54) is 22.2 Å². The lowest BCUT2D eigenvalue weighted by molar-refractivity contribution is -0.129. The van der Waals surface area contributed by atoms with Crippen molar-refractivity contribution in [2.24, 2.45) is 0 Å². The van der Waals surface area contributed by atoms with Gasteiger partial charge in [-0.3, -0.25) is 4.79 Å². The molecule has 28 heavy (non-hydrogen) atoms. The molecule has 1 aliphatic rings. The molecule has 0 saturated carbocycles. The van der Waals surface area contributed by atoms with Gasteiger partial charge in [-0.05, 0) is 35.6 Å². The summed E-state index contributed by atoms with van der Waals surface area (Å²) >= 11 is 3.01. The van der Waals surface area contributed by atoms with Gasteiger partial charge >= 0.3 is 0 Å². The predicted octanol–water partition coefficient (Wildman–Crippen LogP) is 3.49. The van der Waals surface area contributed by atoms with Crippen LogP contribution in [-0.4, -0.2) is 47.5 Å². The van der Waals surface area contributed by atoms with E-state index in [9.17, 15) is 4.79 Å². The molecule has 9 heteroatoms. The Balaban J connectivity index is 1.40. The number of carbonyl (C=O) groups is 1. The molecule has 0 N–H and O–H groups in total. The van der Waals surface area contributed by atoms with E-state index >= 15 is 0 Å². The first-order valence-corrected chi connectivity index (χ1v) is 10.6. The van der Waals surface area contributed by atoms with Crippen molar-refractivity contribution in [1.29, 1.82) is 0 Å².